The topological polar surface area (TPSA) is 39.2 Å². The van der Waals surface area contributed by atoms with Crippen molar-refractivity contribution in [2.24, 2.45) is 0 Å². The van der Waals surface area contributed by atoms with Gasteiger partial charge in [0.15, 0.2) is 5.78 Å². The van der Waals surface area contributed by atoms with E-state index in [2.05, 4.69) is 20.9 Å². The molecule has 14 heavy (non-hydrogen) atoms. The van der Waals surface area contributed by atoms with E-state index in [4.69, 9.17) is 4.74 Å². The summed E-state index contributed by atoms with van der Waals surface area (Å²) >= 11 is 3.25. The van der Waals surface area contributed by atoms with Gasteiger partial charge in [-0.1, -0.05) is 0 Å². The summed E-state index contributed by atoms with van der Waals surface area (Å²) in [6, 6.07) is 1.74. The molecule has 1 heterocycles. The van der Waals surface area contributed by atoms with Gasteiger partial charge >= 0.3 is 0 Å². The first kappa shape index (κ1) is 11.3. The van der Waals surface area contributed by atoms with Gasteiger partial charge in [-0.25, -0.2) is 0 Å². The van der Waals surface area contributed by atoms with Gasteiger partial charge in [-0.3, -0.25) is 9.78 Å². The zero-order chi connectivity index (χ0) is 10.6. The molecule has 1 aromatic heterocycles. The van der Waals surface area contributed by atoms with Crippen molar-refractivity contribution in [1.82, 2.24) is 4.98 Å². The lowest BCUT2D eigenvalue weighted by atomic mass is 10.2. The van der Waals surface area contributed by atoms with E-state index in [0.29, 0.717) is 5.56 Å². The summed E-state index contributed by atoms with van der Waals surface area (Å²) in [6.07, 6.45) is 3.25. The lowest BCUT2D eigenvalue weighted by Gasteiger charge is -2.06. The molecule has 3 nitrogen and oxygen atoms in total. The predicted octanol–water partition coefficient (Wildman–Crippen LogP) is 2.45. The molecule has 1 aromatic rings. The highest BCUT2D eigenvalue weighted by Gasteiger charge is 2.07. The molecule has 0 saturated carbocycles. The second kappa shape index (κ2) is 5.22. The lowest BCUT2D eigenvalue weighted by Crippen LogP contribution is -2.13. The summed E-state index contributed by atoms with van der Waals surface area (Å²) in [7, 11) is 0. The van der Waals surface area contributed by atoms with E-state index < -0.39 is 0 Å². The van der Waals surface area contributed by atoms with Gasteiger partial charge < -0.3 is 4.74 Å². The number of halogens is 1. The van der Waals surface area contributed by atoms with E-state index in [9.17, 15) is 4.79 Å². The highest BCUT2D eigenvalue weighted by Crippen LogP contribution is 2.10. The Kier molecular flexibility index (Phi) is 4.22. The Morgan fingerprint density at radius 2 is 2.29 bits per heavy atom. The largest absolute Gasteiger partial charge is 0.371 e. The molecule has 0 saturated heterocycles. The first-order valence-electron chi connectivity index (χ1n) is 4.35. The standard InChI is InChI=1S/C10H12BrNO2/c1-7(2)14-6-10(13)8-3-9(11)5-12-4-8/h3-5,7H,6H2,1-2H3. The Morgan fingerprint density at radius 3 is 2.86 bits per heavy atom. The number of carbonyl (C=O) groups is 1. The number of nitrogens with zero attached hydrogens (tertiary/aromatic N) is 1. The molecule has 76 valence electrons. The molecule has 0 bridgehead atoms. The average molecular weight is 258 g/mol. The molecule has 0 unspecified atom stereocenters. The second-order valence-electron chi connectivity index (χ2n) is 3.17. The summed E-state index contributed by atoms with van der Waals surface area (Å²) in [5.41, 5.74) is 0.569. The molecular weight excluding hydrogens is 246 g/mol. The molecule has 0 N–H and O–H groups in total. The van der Waals surface area contributed by atoms with Crippen molar-refractivity contribution in [1.29, 1.82) is 0 Å². The Hall–Kier alpha value is -0.740. The van der Waals surface area contributed by atoms with E-state index in [1.165, 1.54) is 6.20 Å². The number of hydrogen-bond acceptors (Lipinski definition) is 3. The molecule has 0 atom stereocenters. The monoisotopic (exact) mass is 257 g/mol. The first-order valence-corrected chi connectivity index (χ1v) is 5.14. The minimum atomic E-state index is -0.0486. The van der Waals surface area contributed by atoms with Gasteiger partial charge in [0.05, 0.1) is 6.10 Å². The van der Waals surface area contributed by atoms with Gasteiger partial charge in [0, 0.05) is 22.4 Å². The fraction of sp³-hybridized carbons (Fsp3) is 0.400. The van der Waals surface area contributed by atoms with Gasteiger partial charge in [0.1, 0.15) is 6.61 Å². The van der Waals surface area contributed by atoms with Crippen LogP contribution in [0.15, 0.2) is 22.9 Å². The predicted molar refractivity (Wildman–Crippen MR) is 57.4 cm³/mol. The molecular formula is C10H12BrNO2. The van der Waals surface area contributed by atoms with Crippen LogP contribution >= 0.6 is 15.9 Å². The highest BCUT2D eigenvalue weighted by atomic mass is 79.9. The minimum Gasteiger partial charge on any atom is -0.371 e. The number of pyridine rings is 1. The van der Waals surface area contributed by atoms with Gasteiger partial charge in [-0.15, -0.1) is 0 Å². The van der Waals surface area contributed by atoms with Crippen LogP contribution < -0.4 is 0 Å². The van der Waals surface area contributed by atoms with Crippen molar-refractivity contribution >= 4 is 21.7 Å². The van der Waals surface area contributed by atoms with E-state index >= 15 is 0 Å². The number of aromatic nitrogens is 1. The zero-order valence-corrected chi connectivity index (χ0v) is 9.74. The third-order valence-corrected chi connectivity index (χ3v) is 2.01. The Morgan fingerprint density at radius 1 is 1.57 bits per heavy atom. The molecule has 4 heteroatoms. The Bertz CT molecular complexity index is 326. The normalized spacial score (nSPS) is 10.6. The third kappa shape index (κ3) is 3.55. The van der Waals surface area contributed by atoms with Crippen molar-refractivity contribution in [2.45, 2.75) is 20.0 Å². The number of hydrogen-bond donors (Lipinski definition) is 0. The summed E-state index contributed by atoms with van der Waals surface area (Å²) in [5, 5.41) is 0. The van der Waals surface area contributed by atoms with Crippen LogP contribution in [0.3, 0.4) is 0 Å². The number of Topliss-reactive ketones (excluding diaryl/α,β-unsaturated/α-hetero) is 1. The highest BCUT2D eigenvalue weighted by molar-refractivity contribution is 9.10. The maximum absolute atomic E-state index is 11.5. The van der Waals surface area contributed by atoms with Gasteiger partial charge in [-0.2, -0.15) is 0 Å². The van der Waals surface area contributed by atoms with E-state index in [1.54, 1.807) is 12.3 Å². The van der Waals surface area contributed by atoms with Crippen LogP contribution in [0.1, 0.15) is 24.2 Å². The molecule has 0 amide bonds. The number of carbonyl (C=O) groups excluding carboxylic acids is 1. The van der Waals surface area contributed by atoms with E-state index in [-0.39, 0.29) is 18.5 Å². The molecule has 0 aliphatic carbocycles. The summed E-state index contributed by atoms with van der Waals surface area (Å²) in [4.78, 5) is 15.4. The maximum atomic E-state index is 11.5. The third-order valence-electron chi connectivity index (χ3n) is 1.57. The smallest absolute Gasteiger partial charge is 0.190 e. The van der Waals surface area contributed by atoms with Crippen molar-refractivity contribution in [3.8, 4) is 0 Å². The van der Waals surface area contributed by atoms with Crippen LogP contribution in [0.5, 0.6) is 0 Å². The fourth-order valence-corrected chi connectivity index (χ4v) is 1.25. The summed E-state index contributed by atoms with van der Waals surface area (Å²) in [6.45, 7) is 3.90. The van der Waals surface area contributed by atoms with Crippen LogP contribution in [-0.4, -0.2) is 23.5 Å². The van der Waals surface area contributed by atoms with Crippen molar-refractivity contribution in [2.75, 3.05) is 6.61 Å². The molecule has 0 aromatic carbocycles. The van der Waals surface area contributed by atoms with Gasteiger partial charge in [-0.05, 0) is 35.8 Å². The summed E-state index contributed by atoms with van der Waals surface area (Å²) in [5.74, 6) is -0.0486. The van der Waals surface area contributed by atoms with Crippen LogP contribution in [0.2, 0.25) is 0 Å². The average Bonchev–Trinajstić information content (AvgIpc) is 2.14. The van der Waals surface area contributed by atoms with Crippen LogP contribution in [0.4, 0.5) is 0 Å². The number of ether oxygens (including phenoxy) is 1. The van der Waals surface area contributed by atoms with Crippen molar-refractivity contribution in [3.63, 3.8) is 0 Å². The van der Waals surface area contributed by atoms with E-state index in [1.807, 2.05) is 13.8 Å². The van der Waals surface area contributed by atoms with E-state index in [0.717, 1.165) is 4.47 Å². The summed E-state index contributed by atoms with van der Waals surface area (Å²) < 4.78 is 6.00. The quantitative estimate of drug-likeness (QED) is 0.778. The van der Waals surface area contributed by atoms with Gasteiger partial charge in [0.25, 0.3) is 0 Å². The maximum Gasteiger partial charge on any atom is 0.190 e. The Labute approximate surface area is 91.6 Å². The molecule has 0 aliphatic heterocycles. The van der Waals surface area contributed by atoms with Crippen LogP contribution in [0.25, 0.3) is 0 Å². The van der Waals surface area contributed by atoms with Gasteiger partial charge in [0.2, 0.25) is 0 Å². The zero-order valence-electron chi connectivity index (χ0n) is 8.16. The molecule has 0 spiro atoms. The number of ketones is 1. The first-order chi connectivity index (χ1) is 6.59. The molecule has 0 aliphatic rings. The fourth-order valence-electron chi connectivity index (χ4n) is 0.890. The lowest BCUT2D eigenvalue weighted by molar-refractivity contribution is 0.0584. The van der Waals surface area contributed by atoms with Crippen molar-refractivity contribution in [3.05, 3.63) is 28.5 Å². The SMILES string of the molecule is CC(C)OCC(=O)c1cncc(Br)c1. The van der Waals surface area contributed by atoms with Crippen LogP contribution in [-0.2, 0) is 4.74 Å². The molecule has 0 radical (unpaired) electrons. The molecule has 0 fully saturated rings. The second-order valence-corrected chi connectivity index (χ2v) is 4.09. The van der Waals surface area contributed by atoms with Crippen LogP contribution in [0, 0.1) is 0 Å². The Balaban J connectivity index is 2.61. The van der Waals surface area contributed by atoms with Crippen molar-refractivity contribution < 1.29 is 9.53 Å². The molecule has 1 rings (SSSR count). The number of rotatable bonds is 4. The minimum absolute atomic E-state index is 0.0486.